The second-order valence-corrected chi connectivity index (χ2v) is 6.08. The Balaban J connectivity index is 1.68. The topological polar surface area (TPSA) is 76.1 Å². The Morgan fingerprint density at radius 3 is 2.46 bits per heavy atom. The molecule has 0 spiro atoms. The highest BCUT2D eigenvalue weighted by Gasteiger charge is 2.09. The zero-order valence-corrected chi connectivity index (χ0v) is 15.2. The summed E-state index contributed by atoms with van der Waals surface area (Å²) in [5, 5.41) is 6.75. The molecule has 6 nitrogen and oxygen atoms in total. The lowest BCUT2D eigenvalue weighted by molar-refractivity contribution is 0.102. The van der Waals surface area contributed by atoms with Crippen molar-refractivity contribution in [3.8, 4) is 5.75 Å². The molecule has 3 rings (SSSR count). The lowest BCUT2D eigenvalue weighted by atomic mass is 10.3. The molecule has 8 heteroatoms. The maximum absolute atomic E-state index is 12.2. The van der Waals surface area contributed by atoms with Gasteiger partial charge >= 0.3 is 0 Å². The summed E-state index contributed by atoms with van der Waals surface area (Å²) >= 11 is 12.0. The molecule has 0 atom stereocenters. The number of amides is 1. The number of hydrogen-bond acceptors (Lipinski definition) is 5. The molecule has 2 N–H and O–H groups in total. The van der Waals surface area contributed by atoms with E-state index in [9.17, 15) is 4.79 Å². The summed E-state index contributed by atoms with van der Waals surface area (Å²) in [5.41, 5.74) is 1.62. The molecule has 132 valence electrons. The van der Waals surface area contributed by atoms with Crippen LogP contribution in [0.15, 0.2) is 54.9 Å². The molecule has 0 aliphatic carbocycles. The average molecular weight is 389 g/mol. The van der Waals surface area contributed by atoms with Crippen LogP contribution in [0.5, 0.6) is 5.75 Å². The fourth-order valence-corrected chi connectivity index (χ4v) is 2.60. The molecule has 0 saturated heterocycles. The molecule has 0 unspecified atom stereocenters. The molecule has 2 aromatic carbocycles. The fraction of sp³-hybridized carbons (Fsp3) is 0.0556. The summed E-state index contributed by atoms with van der Waals surface area (Å²) in [6.07, 6.45) is 2.86. The minimum atomic E-state index is -0.327. The second kappa shape index (κ2) is 8.03. The summed E-state index contributed by atoms with van der Waals surface area (Å²) in [6.45, 7) is 0. The summed E-state index contributed by atoms with van der Waals surface area (Å²) < 4.78 is 5.10. The van der Waals surface area contributed by atoms with Gasteiger partial charge in [0.1, 0.15) is 5.75 Å². The zero-order valence-electron chi connectivity index (χ0n) is 13.7. The molecular formula is C18H14Cl2N4O2. The molecule has 3 aromatic rings. The minimum absolute atomic E-state index is 0.322. The molecule has 0 radical (unpaired) electrons. The molecule has 1 heterocycles. The first-order valence-electron chi connectivity index (χ1n) is 7.54. The molecule has 1 aromatic heterocycles. The molecular weight excluding hydrogens is 375 g/mol. The summed E-state index contributed by atoms with van der Waals surface area (Å²) in [4.78, 5) is 20.5. The van der Waals surface area contributed by atoms with E-state index < -0.39 is 0 Å². The van der Waals surface area contributed by atoms with E-state index in [0.29, 0.717) is 38.7 Å². The maximum atomic E-state index is 12.2. The lowest BCUT2D eigenvalue weighted by Gasteiger charge is -2.08. The Kier molecular flexibility index (Phi) is 5.55. The van der Waals surface area contributed by atoms with Gasteiger partial charge in [0.25, 0.3) is 5.91 Å². The monoisotopic (exact) mass is 388 g/mol. The van der Waals surface area contributed by atoms with E-state index in [-0.39, 0.29) is 5.91 Å². The number of carbonyl (C=O) groups excluding carboxylic acids is 1. The summed E-state index contributed by atoms with van der Waals surface area (Å²) in [7, 11) is 1.55. The van der Waals surface area contributed by atoms with Crippen LogP contribution in [-0.2, 0) is 0 Å². The number of benzene rings is 2. The number of nitrogens with zero attached hydrogens (tertiary/aromatic N) is 2. The van der Waals surface area contributed by atoms with E-state index in [0.717, 1.165) is 0 Å². The number of aromatic nitrogens is 2. The number of rotatable bonds is 5. The average Bonchev–Trinajstić information content (AvgIpc) is 2.62. The first-order valence-corrected chi connectivity index (χ1v) is 8.30. The summed E-state index contributed by atoms with van der Waals surface area (Å²) in [5.74, 6) is 0.586. The number of methoxy groups -OCH3 is 1. The van der Waals surface area contributed by atoms with Crippen LogP contribution in [0.1, 0.15) is 10.4 Å². The molecule has 0 aliphatic heterocycles. The SMILES string of the molecule is COc1ccc(Nc2ncc(C(=O)Nc3cccc(Cl)c3)cn2)cc1Cl. The van der Waals surface area contributed by atoms with Gasteiger partial charge in [-0.1, -0.05) is 29.3 Å². The van der Waals surface area contributed by atoms with Crippen molar-refractivity contribution < 1.29 is 9.53 Å². The van der Waals surface area contributed by atoms with E-state index >= 15 is 0 Å². The van der Waals surface area contributed by atoms with Gasteiger partial charge in [0.15, 0.2) is 0 Å². The van der Waals surface area contributed by atoms with Gasteiger partial charge in [-0.05, 0) is 36.4 Å². The molecule has 0 fully saturated rings. The van der Waals surface area contributed by atoms with Gasteiger partial charge in [0, 0.05) is 28.8 Å². The minimum Gasteiger partial charge on any atom is -0.495 e. The highest BCUT2D eigenvalue weighted by molar-refractivity contribution is 6.32. The lowest BCUT2D eigenvalue weighted by Crippen LogP contribution is -2.13. The molecule has 0 saturated carbocycles. The van der Waals surface area contributed by atoms with Crippen LogP contribution in [0.2, 0.25) is 10.0 Å². The number of anilines is 3. The van der Waals surface area contributed by atoms with Gasteiger partial charge < -0.3 is 15.4 Å². The number of hydrogen-bond donors (Lipinski definition) is 2. The van der Waals surface area contributed by atoms with E-state index in [1.807, 2.05) is 0 Å². The highest BCUT2D eigenvalue weighted by atomic mass is 35.5. The number of carbonyl (C=O) groups is 1. The standard InChI is InChI=1S/C18H14Cl2N4O2/c1-26-16-6-5-14(8-15(16)20)24-18-21-9-11(10-22-18)17(25)23-13-4-2-3-12(19)7-13/h2-10H,1H3,(H,23,25)(H,21,22,24). The molecule has 0 bridgehead atoms. The largest absolute Gasteiger partial charge is 0.495 e. The quantitative estimate of drug-likeness (QED) is 0.656. The Hall–Kier alpha value is -2.83. The number of nitrogens with one attached hydrogen (secondary N) is 2. The van der Waals surface area contributed by atoms with Gasteiger partial charge in [0.05, 0.1) is 17.7 Å². The van der Waals surface area contributed by atoms with Crippen molar-refractivity contribution in [2.75, 3.05) is 17.7 Å². The smallest absolute Gasteiger partial charge is 0.258 e. The number of ether oxygens (including phenoxy) is 1. The van der Waals surface area contributed by atoms with Crippen molar-refractivity contribution in [2.24, 2.45) is 0 Å². The third-order valence-electron chi connectivity index (χ3n) is 3.40. The van der Waals surface area contributed by atoms with Gasteiger partial charge in [-0.25, -0.2) is 9.97 Å². The highest BCUT2D eigenvalue weighted by Crippen LogP contribution is 2.28. The van der Waals surface area contributed by atoms with Crippen LogP contribution >= 0.6 is 23.2 Å². The van der Waals surface area contributed by atoms with E-state index in [1.54, 1.807) is 49.6 Å². The first-order chi connectivity index (χ1) is 12.5. The normalized spacial score (nSPS) is 10.3. The Labute approximate surface area is 160 Å². The molecule has 1 amide bonds. The van der Waals surface area contributed by atoms with E-state index in [1.165, 1.54) is 12.4 Å². The van der Waals surface area contributed by atoms with Crippen LogP contribution < -0.4 is 15.4 Å². The Morgan fingerprint density at radius 2 is 1.81 bits per heavy atom. The van der Waals surface area contributed by atoms with Crippen molar-refractivity contribution in [1.29, 1.82) is 0 Å². The van der Waals surface area contributed by atoms with Gasteiger partial charge in [-0.2, -0.15) is 0 Å². The van der Waals surface area contributed by atoms with Crippen molar-refractivity contribution in [3.63, 3.8) is 0 Å². The van der Waals surface area contributed by atoms with Crippen molar-refractivity contribution >= 4 is 46.4 Å². The maximum Gasteiger partial charge on any atom is 0.258 e. The van der Waals surface area contributed by atoms with Gasteiger partial charge in [-0.15, -0.1) is 0 Å². The molecule has 0 aliphatic rings. The van der Waals surface area contributed by atoms with E-state index in [4.69, 9.17) is 27.9 Å². The fourth-order valence-electron chi connectivity index (χ4n) is 2.15. The van der Waals surface area contributed by atoms with Crippen molar-refractivity contribution in [2.45, 2.75) is 0 Å². The predicted molar refractivity (Wildman–Crippen MR) is 103 cm³/mol. The van der Waals surface area contributed by atoms with Crippen LogP contribution in [-0.4, -0.2) is 23.0 Å². The van der Waals surface area contributed by atoms with Gasteiger partial charge in [0.2, 0.25) is 5.95 Å². The van der Waals surface area contributed by atoms with Crippen LogP contribution in [0.25, 0.3) is 0 Å². The number of halogens is 2. The zero-order chi connectivity index (χ0) is 18.5. The third-order valence-corrected chi connectivity index (χ3v) is 3.93. The Bertz CT molecular complexity index is 933. The predicted octanol–water partition coefficient (Wildman–Crippen LogP) is 4.79. The van der Waals surface area contributed by atoms with E-state index in [2.05, 4.69) is 20.6 Å². The van der Waals surface area contributed by atoms with Crippen LogP contribution in [0.4, 0.5) is 17.3 Å². The second-order valence-electron chi connectivity index (χ2n) is 5.23. The van der Waals surface area contributed by atoms with Crippen molar-refractivity contribution in [1.82, 2.24) is 9.97 Å². The third kappa shape index (κ3) is 4.41. The van der Waals surface area contributed by atoms with Crippen molar-refractivity contribution in [3.05, 3.63) is 70.5 Å². The van der Waals surface area contributed by atoms with Gasteiger partial charge in [-0.3, -0.25) is 4.79 Å². The Morgan fingerprint density at radius 1 is 1.04 bits per heavy atom. The summed E-state index contributed by atoms with van der Waals surface area (Å²) in [6, 6.07) is 12.1. The molecule has 26 heavy (non-hydrogen) atoms. The van der Waals surface area contributed by atoms with Crippen LogP contribution in [0, 0.1) is 0 Å². The first kappa shape index (κ1) is 18.0. The van der Waals surface area contributed by atoms with Crippen LogP contribution in [0.3, 0.4) is 0 Å².